The van der Waals surface area contributed by atoms with Crippen LogP contribution in [0.3, 0.4) is 0 Å². The summed E-state index contributed by atoms with van der Waals surface area (Å²) >= 11 is 1.50. The van der Waals surface area contributed by atoms with Gasteiger partial charge in [-0.3, -0.25) is 0 Å². The number of nitrogens with two attached hydrogens (primary N) is 1. The molecule has 0 amide bonds. The zero-order chi connectivity index (χ0) is 9.26. The first-order valence-electron chi connectivity index (χ1n) is 4.45. The van der Waals surface area contributed by atoms with Crippen molar-refractivity contribution in [3.8, 4) is 0 Å². The molecule has 1 heterocycles. The molecule has 1 aromatic rings. The molecule has 80 valence electrons. The highest BCUT2D eigenvalue weighted by Gasteiger charge is 2.26. The van der Waals surface area contributed by atoms with Crippen molar-refractivity contribution >= 4 is 23.7 Å². The summed E-state index contributed by atoms with van der Waals surface area (Å²) in [6, 6.07) is 0.398. The molecule has 1 fully saturated rings. The molecule has 1 aliphatic rings. The van der Waals surface area contributed by atoms with Crippen LogP contribution in [0.15, 0.2) is 0 Å². The Kier molecular flexibility index (Phi) is 4.25. The molecule has 0 bridgehead atoms. The van der Waals surface area contributed by atoms with Crippen LogP contribution < -0.4 is 5.73 Å². The van der Waals surface area contributed by atoms with Crippen molar-refractivity contribution in [1.82, 2.24) is 10.2 Å². The van der Waals surface area contributed by atoms with Crippen molar-refractivity contribution in [2.75, 3.05) is 0 Å². The molecule has 0 saturated heterocycles. The van der Waals surface area contributed by atoms with E-state index in [0.29, 0.717) is 17.0 Å². The Morgan fingerprint density at radius 2 is 2.00 bits per heavy atom. The van der Waals surface area contributed by atoms with Crippen molar-refractivity contribution in [2.24, 2.45) is 11.7 Å². The molecule has 1 saturated carbocycles. The summed E-state index contributed by atoms with van der Waals surface area (Å²) in [5, 5.41) is 18.4. The molecule has 1 aliphatic carbocycles. The van der Waals surface area contributed by atoms with Crippen LogP contribution in [0.5, 0.6) is 0 Å². The fourth-order valence-electron chi connectivity index (χ4n) is 1.64. The molecule has 14 heavy (non-hydrogen) atoms. The molecule has 0 aromatic carbocycles. The predicted octanol–water partition coefficient (Wildman–Crippen LogP) is 0.732. The molecule has 0 spiro atoms. The Balaban J connectivity index is 0.000000980. The number of rotatable bonds is 3. The third-order valence-electron chi connectivity index (χ3n) is 2.38. The van der Waals surface area contributed by atoms with Crippen molar-refractivity contribution in [1.29, 1.82) is 0 Å². The SMILES string of the molecule is Cl.NC1CC(Cc2nnc(CO)s2)C1. The van der Waals surface area contributed by atoms with Crippen LogP contribution >= 0.6 is 23.7 Å². The topological polar surface area (TPSA) is 72.0 Å². The lowest BCUT2D eigenvalue weighted by Gasteiger charge is -2.31. The maximum Gasteiger partial charge on any atom is 0.143 e. The van der Waals surface area contributed by atoms with Gasteiger partial charge < -0.3 is 10.8 Å². The van der Waals surface area contributed by atoms with E-state index in [0.717, 1.165) is 24.3 Å². The second-order valence-electron chi connectivity index (χ2n) is 3.55. The lowest BCUT2D eigenvalue weighted by Crippen LogP contribution is -2.37. The molecular weight excluding hydrogens is 222 g/mol. The summed E-state index contributed by atoms with van der Waals surface area (Å²) in [7, 11) is 0. The van der Waals surface area contributed by atoms with Gasteiger partial charge in [0.2, 0.25) is 0 Å². The van der Waals surface area contributed by atoms with Gasteiger partial charge in [-0.15, -0.1) is 22.6 Å². The molecule has 4 nitrogen and oxygen atoms in total. The first-order valence-corrected chi connectivity index (χ1v) is 5.27. The molecule has 1 aromatic heterocycles. The van der Waals surface area contributed by atoms with Gasteiger partial charge in [0.1, 0.15) is 10.0 Å². The van der Waals surface area contributed by atoms with Gasteiger partial charge in [-0.2, -0.15) is 0 Å². The summed E-state index contributed by atoms with van der Waals surface area (Å²) in [6.07, 6.45) is 3.19. The zero-order valence-corrected chi connectivity index (χ0v) is 9.35. The molecule has 0 unspecified atom stereocenters. The van der Waals surface area contributed by atoms with E-state index in [2.05, 4.69) is 10.2 Å². The minimum absolute atomic E-state index is 0. The number of hydrogen-bond acceptors (Lipinski definition) is 5. The second kappa shape index (κ2) is 5.02. The van der Waals surface area contributed by atoms with E-state index >= 15 is 0 Å². The van der Waals surface area contributed by atoms with E-state index < -0.39 is 0 Å². The fourth-order valence-corrected chi connectivity index (χ4v) is 2.45. The van der Waals surface area contributed by atoms with Gasteiger partial charge in [0.05, 0.1) is 6.61 Å². The molecule has 2 rings (SSSR count). The third kappa shape index (κ3) is 2.63. The fraction of sp³-hybridized carbons (Fsp3) is 0.750. The van der Waals surface area contributed by atoms with Crippen LogP contribution in [-0.4, -0.2) is 21.3 Å². The van der Waals surface area contributed by atoms with Gasteiger partial charge >= 0.3 is 0 Å². The first-order chi connectivity index (χ1) is 6.28. The van der Waals surface area contributed by atoms with Crippen LogP contribution in [0.25, 0.3) is 0 Å². The highest BCUT2D eigenvalue weighted by atomic mass is 35.5. The summed E-state index contributed by atoms with van der Waals surface area (Å²) in [6.45, 7) is 0.00183. The van der Waals surface area contributed by atoms with E-state index in [-0.39, 0.29) is 19.0 Å². The first kappa shape index (κ1) is 11.8. The Morgan fingerprint density at radius 3 is 2.50 bits per heavy atom. The second-order valence-corrected chi connectivity index (χ2v) is 4.70. The van der Waals surface area contributed by atoms with E-state index in [1.807, 2.05) is 0 Å². The Bertz CT molecular complexity index is 288. The minimum Gasteiger partial charge on any atom is -0.389 e. The average Bonchev–Trinajstić information content (AvgIpc) is 2.50. The number of aliphatic hydroxyl groups excluding tert-OH is 1. The van der Waals surface area contributed by atoms with Gasteiger partial charge in [-0.1, -0.05) is 11.3 Å². The Morgan fingerprint density at radius 1 is 1.36 bits per heavy atom. The van der Waals surface area contributed by atoms with Crippen LogP contribution in [0.4, 0.5) is 0 Å². The van der Waals surface area contributed by atoms with Crippen LogP contribution in [0.2, 0.25) is 0 Å². The van der Waals surface area contributed by atoms with Crippen molar-refractivity contribution in [3.05, 3.63) is 10.0 Å². The van der Waals surface area contributed by atoms with Crippen LogP contribution in [-0.2, 0) is 13.0 Å². The molecule has 0 radical (unpaired) electrons. The normalized spacial score (nSPS) is 25.3. The van der Waals surface area contributed by atoms with Crippen molar-refractivity contribution in [3.63, 3.8) is 0 Å². The summed E-state index contributed by atoms with van der Waals surface area (Å²) in [4.78, 5) is 0. The number of halogens is 1. The van der Waals surface area contributed by atoms with E-state index in [9.17, 15) is 0 Å². The largest absolute Gasteiger partial charge is 0.389 e. The highest BCUT2D eigenvalue weighted by molar-refractivity contribution is 7.11. The van der Waals surface area contributed by atoms with Gasteiger partial charge in [-0.05, 0) is 18.8 Å². The summed E-state index contributed by atoms with van der Waals surface area (Å²) in [5.41, 5.74) is 5.68. The van der Waals surface area contributed by atoms with Gasteiger partial charge in [0.25, 0.3) is 0 Å². The van der Waals surface area contributed by atoms with Gasteiger partial charge in [0, 0.05) is 12.5 Å². The lowest BCUT2D eigenvalue weighted by molar-refractivity contribution is 0.264. The molecular formula is C8H14ClN3OS. The van der Waals surface area contributed by atoms with E-state index in [1.54, 1.807) is 0 Å². The monoisotopic (exact) mass is 235 g/mol. The zero-order valence-electron chi connectivity index (χ0n) is 7.72. The van der Waals surface area contributed by atoms with Gasteiger partial charge in [-0.25, -0.2) is 0 Å². The van der Waals surface area contributed by atoms with Crippen LogP contribution in [0, 0.1) is 5.92 Å². The number of aliphatic hydroxyl groups is 1. The van der Waals surface area contributed by atoms with E-state index in [1.165, 1.54) is 11.3 Å². The average molecular weight is 236 g/mol. The van der Waals surface area contributed by atoms with Crippen LogP contribution in [0.1, 0.15) is 22.9 Å². The minimum atomic E-state index is 0. The van der Waals surface area contributed by atoms with Crippen molar-refractivity contribution < 1.29 is 5.11 Å². The summed E-state index contributed by atoms with van der Waals surface area (Å²) in [5.74, 6) is 0.689. The Labute approximate surface area is 93.0 Å². The quantitative estimate of drug-likeness (QED) is 0.811. The molecule has 0 aliphatic heterocycles. The van der Waals surface area contributed by atoms with E-state index in [4.69, 9.17) is 10.8 Å². The smallest absolute Gasteiger partial charge is 0.143 e. The number of nitrogens with zero attached hydrogens (tertiary/aromatic N) is 2. The Hall–Kier alpha value is -0.230. The van der Waals surface area contributed by atoms with Crippen molar-refractivity contribution in [2.45, 2.75) is 31.9 Å². The highest BCUT2D eigenvalue weighted by Crippen LogP contribution is 2.29. The standard InChI is InChI=1S/C8H13N3OS.ClH/c9-6-1-5(2-6)3-7-10-11-8(4-12)13-7;/h5-6,12H,1-4,9H2;1H. The summed E-state index contributed by atoms with van der Waals surface area (Å²) < 4.78 is 0. The molecule has 0 atom stereocenters. The lowest BCUT2D eigenvalue weighted by atomic mass is 9.79. The molecule has 6 heteroatoms. The molecule has 3 N–H and O–H groups in total. The number of aromatic nitrogens is 2. The predicted molar refractivity (Wildman–Crippen MR) is 57.5 cm³/mol. The maximum absolute atomic E-state index is 8.79. The maximum atomic E-state index is 8.79. The van der Waals surface area contributed by atoms with Gasteiger partial charge in [0.15, 0.2) is 0 Å². The third-order valence-corrected chi connectivity index (χ3v) is 3.31. The number of hydrogen-bond donors (Lipinski definition) is 2.